The summed E-state index contributed by atoms with van der Waals surface area (Å²) in [5, 5.41) is 2.56. The van der Waals surface area contributed by atoms with Crippen LogP contribution in [0.3, 0.4) is 0 Å². The van der Waals surface area contributed by atoms with Gasteiger partial charge in [-0.15, -0.1) is 0 Å². The second-order valence-corrected chi connectivity index (χ2v) is 10.9. The summed E-state index contributed by atoms with van der Waals surface area (Å²) in [6.07, 6.45) is 0.976. The van der Waals surface area contributed by atoms with Gasteiger partial charge in [0.1, 0.15) is 11.6 Å². The number of carbonyl (C=O) groups is 1. The Bertz CT molecular complexity index is 1490. The zero-order valence-corrected chi connectivity index (χ0v) is 22.9. The number of piperazine rings is 1. The van der Waals surface area contributed by atoms with Crippen LogP contribution in [0.5, 0.6) is 5.75 Å². The molecule has 218 valence electrons. The molecule has 1 saturated carbocycles. The maximum atomic E-state index is 15.7. The average molecular weight is 574 g/mol. The second-order valence-electron chi connectivity index (χ2n) is 10.9. The minimum Gasteiger partial charge on any atom is -0.492 e. The van der Waals surface area contributed by atoms with Gasteiger partial charge in [-0.05, 0) is 57.9 Å². The molecular weight excluding hydrogens is 542 g/mol. The van der Waals surface area contributed by atoms with E-state index in [1.54, 1.807) is 6.07 Å². The summed E-state index contributed by atoms with van der Waals surface area (Å²) in [7, 11) is 1.99. The number of alkyl halides is 3. The van der Waals surface area contributed by atoms with Crippen LogP contribution < -0.4 is 20.5 Å². The number of nitrogens with one attached hydrogen (secondary N) is 2. The fourth-order valence-corrected chi connectivity index (χ4v) is 4.97. The van der Waals surface area contributed by atoms with E-state index >= 15 is 4.39 Å². The van der Waals surface area contributed by atoms with Gasteiger partial charge in [0.2, 0.25) is 5.56 Å². The SMILES string of the molecule is CC1CN(c2cc(F)c(-c3cncc(OCC4CC4)c3)cc2NC(=O)c2c[nH]c(=O)cc2C(F)(F)F)CC(C)N1C. The summed E-state index contributed by atoms with van der Waals surface area (Å²) in [5.41, 5.74) is -2.17. The van der Waals surface area contributed by atoms with Crippen molar-refractivity contribution in [3.8, 4) is 16.9 Å². The highest BCUT2D eigenvalue weighted by Gasteiger charge is 2.36. The second kappa shape index (κ2) is 11.2. The van der Waals surface area contributed by atoms with Crippen LogP contribution in [0.15, 0.2) is 47.7 Å². The summed E-state index contributed by atoms with van der Waals surface area (Å²) in [4.78, 5) is 35.3. The Morgan fingerprint density at radius 3 is 2.49 bits per heavy atom. The number of amides is 1. The molecule has 8 nitrogen and oxygen atoms in total. The van der Waals surface area contributed by atoms with Crippen LogP contribution >= 0.6 is 0 Å². The molecule has 3 aromatic rings. The highest BCUT2D eigenvalue weighted by molar-refractivity contribution is 6.07. The predicted octanol–water partition coefficient (Wildman–Crippen LogP) is 5.16. The van der Waals surface area contributed by atoms with Crippen LogP contribution in [0.25, 0.3) is 11.1 Å². The van der Waals surface area contributed by atoms with Gasteiger partial charge in [-0.2, -0.15) is 13.2 Å². The minimum atomic E-state index is -4.94. The maximum Gasteiger partial charge on any atom is 0.417 e. The number of pyridine rings is 2. The number of hydrogen-bond donors (Lipinski definition) is 2. The standard InChI is InChI=1S/C29H31F4N5O3/c1-16-13-38(14-17(2)37(16)3)26-9-24(30)21(19-6-20(11-34-10-19)41-15-18-4-5-18)7-25(26)36-28(40)22-12-35-27(39)8-23(22)29(31,32)33/h6-12,16-18H,4-5,13-15H2,1-3H3,(H,35,39)(H,36,40). The molecule has 2 fully saturated rings. The number of H-pyrrole nitrogens is 1. The molecule has 0 spiro atoms. The molecule has 2 aliphatic rings. The smallest absolute Gasteiger partial charge is 0.417 e. The number of aromatic amines is 1. The van der Waals surface area contributed by atoms with E-state index in [9.17, 15) is 22.8 Å². The first-order valence-corrected chi connectivity index (χ1v) is 13.4. The zero-order chi connectivity index (χ0) is 29.5. The first-order chi connectivity index (χ1) is 19.4. The van der Waals surface area contributed by atoms with E-state index in [4.69, 9.17) is 4.74 Å². The number of anilines is 2. The highest BCUT2D eigenvalue weighted by Crippen LogP contribution is 2.38. The molecule has 12 heteroatoms. The van der Waals surface area contributed by atoms with E-state index in [1.165, 1.54) is 24.5 Å². The lowest BCUT2D eigenvalue weighted by molar-refractivity contribution is -0.138. The quantitative estimate of drug-likeness (QED) is 0.380. The number of ether oxygens (including phenoxy) is 1. The fraction of sp³-hybridized carbons (Fsp3) is 0.414. The maximum absolute atomic E-state index is 15.7. The Morgan fingerprint density at radius 1 is 1.12 bits per heavy atom. The molecule has 3 heterocycles. The zero-order valence-electron chi connectivity index (χ0n) is 22.9. The minimum absolute atomic E-state index is 0.0885. The largest absolute Gasteiger partial charge is 0.492 e. The lowest BCUT2D eigenvalue weighted by Gasteiger charge is -2.44. The van der Waals surface area contributed by atoms with Crippen molar-refractivity contribution >= 4 is 17.3 Å². The fourth-order valence-electron chi connectivity index (χ4n) is 4.97. The molecule has 0 radical (unpaired) electrons. The molecule has 1 aromatic carbocycles. The van der Waals surface area contributed by atoms with Crippen molar-refractivity contribution < 1.29 is 27.1 Å². The molecule has 41 heavy (non-hydrogen) atoms. The van der Waals surface area contributed by atoms with E-state index in [1.807, 2.05) is 25.8 Å². The summed E-state index contributed by atoms with van der Waals surface area (Å²) in [6.45, 7) is 5.57. The molecular formula is C29H31F4N5O3. The third kappa shape index (κ3) is 6.37. The van der Waals surface area contributed by atoms with Crippen LogP contribution in [0, 0.1) is 11.7 Å². The summed E-state index contributed by atoms with van der Waals surface area (Å²) >= 11 is 0. The summed E-state index contributed by atoms with van der Waals surface area (Å²) in [6, 6.07) is 4.84. The van der Waals surface area contributed by atoms with Gasteiger partial charge in [-0.3, -0.25) is 19.5 Å². The van der Waals surface area contributed by atoms with Crippen molar-refractivity contribution in [2.45, 2.75) is 44.9 Å². The van der Waals surface area contributed by atoms with Crippen molar-refractivity contribution in [2.24, 2.45) is 5.92 Å². The van der Waals surface area contributed by atoms with Crippen LogP contribution in [0.4, 0.5) is 28.9 Å². The van der Waals surface area contributed by atoms with E-state index in [0.717, 1.165) is 19.0 Å². The molecule has 2 aromatic heterocycles. The number of rotatable bonds is 7. The number of carbonyl (C=O) groups excluding carboxylic acids is 1. The van der Waals surface area contributed by atoms with Gasteiger partial charge in [0.25, 0.3) is 5.91 Å². The molecule has 0 bridgehead atoms. The molecule has 1 aliphatic heterocycles. The van der Waals surface area contributed by atoms with Crippen LogP contribution in [0.1, 0.15) is 42.6 Å². The van der Waals surface area contributed by atoms with Gasteiger partial charge in [-0.1, -0.05) is 0 Å². The van der Waals surface area contributed by atoms with E-state index < -0.39 is 34.6 Å². The van der Waals surface area contributed by atoms with Crippen LogP contribution in [-0.2, 0) is 6.18 Å². The summed E-state index contributed by atoms with van der Waals surface area (Å²) in [5.74, 6) is -0.715. The van der Waals surface area contributed by atoms with E-state index in [2.05, 4.69) is 20.2 Å². The Labute approximate surface area is 234 Å². The van der Waals surface area contributed by atoms with Gasteiger partial charge in [-0.25, -0.2) is 4.39 Å². The molecule has 1 aliphatic carbocycles. The topological polar surface area (TPSA) is 90.6 Å². The molecule has 2 atom stereocenters. The molecule has 1 saturated heterocycles. The van der Waals surface area contributed by atoms with Crippen molar-refractivity contribution in [1.82, 2.24) is 14.9 Å². The lowest BCUT2D eigenvalue weighted by atomic mass is 10.0. The van der Waals surface area contributed by atoms with Crippen molar-refractivity contribution in [3.63, 3.8) is 0 Å². The number of aromatic nitrogens is 2. The third-order valence-corrected chi connectivity index (χ3v) is 7.72. The van der Waals surface area contributed by atoms with Crippen LogP contribution in [0.2, 0.25) is 0 Å². The molecule has 1 amide bonds. The van der Waals surface area contributed by atoms with Gasteiger partial charge < -0.3 is 19.9 Å². The van der Waals surface area contributed by atoms with Crippen molar-refractivity contribution in [3.05, 3.63) is 70.2 Å². The monoisotopic (exact) mass is 573 g/mol. The lowest BCUT2D eigenvalue weighted by Crippen LogP contribution is -2.55. The molecule has 2 N–H and O–H groups in total. The van der Waals surface area contributed by atoms with Crippen LogP contribution in [-0.4, -0.2) is 59.6 Å². The number of benzene rings is 1. The first kappa shape index (κ1) is 28.6. The van der Waals surface area contributed by atoms with Crippen molar-refractivity contribution in [1.29, 1.82) is 0 Å². The third-order valence-electron chi connectivity index (χ3n) is 7.72. The number of halogens is 4. The Kier molecular flexibility index (Phi) is 7.78. The van der Waals surface area contributed by atoms with Gasteiger partial charge in [0, 0.05) is 54.8 Å². The van der Waals surface area contributed by atoms with Gasteiger partial charge >= 0.3 is 6.18 Å². The van der Waals surface area contributed by atoms with Crippen molar-refractivity contribution in [2.75, 3.05) is 37.0 Å². The van der Waals surface area contributed by atoms with E-state index in [0.29, 0.717) is 48.7 Å². The number of nitrogens with zero attached hydrogens (tertiary/aromatic N) is 3. The Balaban J connectivity index is 1.55. The number of likely N-dealkylation sites (N-methyl/N-ethyl adjacent to an activating group) is 1. The highest BCUT2D eigenvalue weighted by atomic mass is 19.4. The normalized spacial score (nSPS) is 19.7. The Morgan fingerprint density at radius 2 is 1.83 bits per heavy atom. The van der Waals surface area contributed by atoms with Gasteiger partial charge in [0.05, 0.1) is 35.3 Å². The van der Waals surface area contributed by atoms with Gasteiger partial charge in [0.15, 0.2) is 0 Å². The molecule has 2 unspecified atom stereocenters. The predicted molar refractivity (Wildman–Crippen MR) is 147 cm³/mol. The first-order valence-electron chi connectivity index (χ1n) is 13.4. The summed E-state index contributed by atoms with van der Waals surface area (Å²) < 4.78 is 62.6. The average Bonchev–Trinajstić information content (AvgIpc) is 3.75. The Hall–Kier alpha value is -3.93. The van der Waals surface area contributed by atoms with E-state index in [-0.39, 0.29) is 23.3 Å². The number of hydrogen-bond acceptors (Lipinski definition) is 6. The molecule has 5 rings (SSSR count).